The standard InChI is InChI=1S/C20H29ClN6O3Si/c1-23-18-17(21)16(10-24-19(18)22)30-13-8-14-15(11-28-2)26-27(20(14)25-9-13)12-29-6-7-31(3,4)5/h8-10,23H,6-7,11-12H2,1-5H3,(H2,22,24). The topological polar surface area (TPSA) is 109 Å². The number of anilines is 2. The molecular formula is C20H29ClN6O3Si. The fraction of sp³-hybridized carbons (Fsp3) is 0.450. The smallest absolute Gasteiger partial charge is 0.166 e. The summed E-state index contributed by atoms with van der Waals surface area (Å²) in [4.78, 5) is 8.66. The highest BCUT2D eigenvalue weighted by Gasteiger charge is 2.17. The zero-order chi connectivity index (χ0) is 22.6. The molecule has 3 rings (SSSR count). The average Bonchev–Trinajstić information content (AvgIpc) is 3.04. The normalized spacial score (nSPS) is 11.8. The summed E-state index contributed by atoms with van der Waals surface area (Å²) in [5, 5.41) is 8.71. The van der Waals surface area contributed by atoms with E-state index in [2.05, 4.69) is 40.0 Å². The summed E-state index contributed by atoms with van der Waals surface area (Å²) in [6.45, 7) is 8.34. The molecule has 168 valence electrons. The van der Waals surface area contributed by atoms with Crippen LogP contribution in [0.15, 0.2) is 18.5 Å². The van der Waals surface area contributed by atoms with E-state index in [-0.39, 0.29) is 0 Å². The second-order valence-electron chi connectivity index (χ2n) is 8.32. The highest BCUT2D eigenvalue weighted by Crippen LogP contribution is 2.37. The molecule has 0 saturated heterocycles. The maximum Gasteiger partial charge on any atom is 0.166 e. The van der Waals surface area contributed by atoms with Gasteiger partial charge in [0, 0.05) is 34.2 Å². The van der Waals surface area contributed by atoms with Crippen molar-refractivity contribution in [2.75, 3.05) is 31.8 Å². The van der Waals surface area contributed by atoms with Crippen LogP contribution < -0.4 is 15.8 Å². The lowest BCUT2D eigenvalue weighted by Gasteiger charge is -2.15. The Balaban J connectivity index is 1.85. The molecule has 0 bridgehead atoms. The Kier molecular flexibility index (Phi) is 7.37. The summed E-state index contributed by atoms with van der Waals surface area (Å²) in [7, 11) is 2.19. The molecule has 0 atom stereocenters. The Morgan fingerprint density at radius 1 is 1.23 bits per heavy atom. The second-order valence-corrected chi connectivity index (χ2v) is 14.3. The predicted octanol–water partition coefficient (Wildman–Crippen LogP) is 4.35. The molecule has 31 heavy (non-hydrogen) atoms. The lowest BCUT2D eigenvalue weighted by molar-refractivity contribution is 0.0800. The largest absolute Gasteiger partial charge is 0.452 e. The van der Waals surface area contributed by atoms with Crippen LogP contribution in [0.5, 0.6) is 11.5 Å². The molecule has 0 fully saturated rings. The maximum absolute atomic E-state index is 6.39. The number of hydrogen-bond acceptors (Lipinski definition) is 8. The third-order valence-corrected chi connectivity index (χ3v) is 6.70. The number of pyridine rings is 2. The molecule has 0 spiro atoms. The molecule has 3 aromatic rings. The first-order valence-electron chi connectivity index (χ1n) is 9.95. The van der Waals surface area contributed by atoms with E-state index in [1.54, 1.807) is 25.0 Å². The van der Waals surface area contributed by atoms with Crippen LogP contribution >= 0.6 is 11.6 Å². The first-order valence-corrected chi connectivity index (χ1v) is 14.0. The van der Waals surface area contributed by atoms with Crippen LogP contribution in [-0.4, -0.2) is 48.6 Å². The number of aromatic nitrogens is 4. The van der Waals surface area contributed by atoms with E-state index in [0.29, 0.717) is 53.6 Å². The van der Waals surface area contributed by atoms with Gasteiger partial charge in [-0.25, -0.2) is 14.6 Å². The second kappa shape index (κ2) is 9.82. The molecule has 9 nitrogen and oxygen atoms in total. The Labute approximate surface area is 187 Å². The van der Waals surface area contributed by atoms with Gasteiger partial charge in [-0.3, -0.25) is 0 Å². The molecule has 0 unspecified atom stereocenters. The fourth-order valence-electron chi connectivity index (χ4n) is 2.94. The van der Waals surface area contributed by atoms with Crippen molar-refractivity contribution in [3.8, 4) is 11.5 Å². The monoisotopic (exact) mass is 464 g/mol. The van der Waals surface area contributed by atoms with Crippen molar-refractivity contribution in [2.45, 2.75) is 39.0 Å². The van der Waals surface area contributed by atoms with Crippen molar-refractivity contribution in [1.82, 2.24) is 19.7 Å². The van der Waals surface area contributed by atoms with Crippen LogP contribution in [0.4, 0.5) is 11.5 Å². The van der Waals surface area contributed by atoms with Crippen molar-refractivity contribution < 1.29 is 14.2 Å². The molecule has 3 aromatic heterocycles. The minimum absolute atomic E-state index is 0.297. The van der Waals surface area contributed by atoms with Gasteiger partial charge in [0.05, 0.1) is 30.4 Å². The number of halogens is 1. The van der Waals surface area contributed by atoms with E-state index in [0.717, 1.165) is 17.1 Å². The van der Waals surface area contributed by atoms with Gasteiger partial charge >= 0.3 is 0 Å². The molecule has 0 aliphatic carbocycles. The van der Waals surface area contributed by atoms with Crippen molar-refractivity contribution in [3.63, 3.8) is 0 Å². The van der Waals surface area contributed by atoms with Gasteiger partial charge in [0.15, 0.2) is 11.4 Å². The number of hydrogen-bond donors (Lipinski definition) is 2. The van der Waals surface area contributed by atoms with Gasteiger partial charge in [0.2, 0.25) is 0 Å². The summed E-state index contributed by atoms with van der Waals surface area (Å²) >= 11 is 6.39. The Morgan fingerprint density at radius 3 is 2.68 bits per heavy atom. The molecule has 0 radical (unpaired) electrons. The van der Waals surface area contributed by atoms with Crippen molar-refractivity contribution in [1.29, 1.82) is 0 Å². The summed E-state index contributed by atoms with van der Waals surface area (Å²) in [5.74, 6) is 1.17. The van der Waals surface area contributed by atoms with Crippen LogP contribution in [0.1, 0.15) is 5.69 Å². The molecule has 0 aromatic carbocycles. The fourth-order valence-corrected chi connectivity index (χ4v) is 3.98. The van der Waals surface area contributed by atoms with Gasteiger partial charge in [-0.2, -0.15) is 5.10 Å². The van der Waals surface area contributed by atoms with Crippen molar-refractivity contribution in [2.24, 2.45) is 0 Å². The summed E-state index contributed by atoms with van der Waals surface area (Å²) < 4.78 is 18.8. The van der Waals surface area contributed by atoms with Crippen molar-refractivity contribution in [3.05, 3.63) is 29.2 Å². The van der Waals surface area contributed by atoms with E-state index >= 15 is 0 Å². The van der Waals surface area contributed by atoms with E-state index < -0.39 is 8.07 Å². The van der Waals surface area contributed by atoms with Crippen molar-refractivity contribution >= 4 is 42.2 Å². The molecule has 3 heterocycles. The van der Waals surface area contributed by atoms with Gasteiger partial charge in [-0.1, -0.05) is 31.2 Å². The Morgan fingerprint density at radius 2 is 2.00 bits per heavy atom. The molecule has 11 heteroatoms. The number of nitrogens with two attached hydrogens (primary N) is 1. The molecule has 0 saturated carbocycles. The summed E-state index contributed by atoms with van der Waals surface area (Å²) in [5.41, 5.74) is 7.80. The van der Waals surface area contributed by atoms with Crippen LogP contribution in [0.2, 0.25) is 30.7 Å². The summed E-state index contributed by atoms with van der Waals surface area (Å²) in [6.07, 6.45) is 3.10. The van der Waals surface area contributed by atoms with E-state index in [1.807, 2.05) is 6.07 Å². The predicted molar refractivity (Wildman–Crippen MR) is 126 cm³/mol. The highest BCUT2D eigenvalue weighted by atomic mass is 35.5. The summed E-state index contributed by atoms with van der Waals surface area (Å²) in [6, 6.07) is 2.95. The van der Waals surface area contributed by atoms with E-state index in [1.165, 1.54) is 6.20 Å². The number of methoxy groups -OCH3 is 1. The van der Waals surface area contributed by atoms with Gasteiger partial charge in [0.25, 0.3) is 0 Å². The molecule has 0 aliphatic heterocycles. The number of rotatable bonds is 10. The third-order valence-electron chi connectivity index (χ3n) is 4.62. The van der Waals surface area contributed by atoms with Gasteiger partial charge in [-0.05, 0) is 12.1 Å². The third kappa shape index (κ3) is 5.64. The number of nitrogens with zero attached hydrogens (tertiary/aromatic N) is 4. The lowest BCUT2D eigenvalue weighted by Crippen LogP contribution is -2.22. The minimum Gasteiger partial charge on any atom is -0.452 e. The Bertz CT molecular complexity index is 1050. The number of fused-ring (bicyclic) bond motifs is 1. The van der Waals surface area contributed by atoms with E-state index in [9.17, 15) is 0 Å². The number of nitrogens with one attached hydrogen (secondary N) is 1. The lowest BCUT2D eigenvalue weighted by atomic mass is 10.2. The molecule has 3 N–H and O–H groups in total. The first-order chi connectivity index (χ1) is 14.7. The number of nitrogen functional groups attached to an aromatic ring is 1. The van der Waals surface area contributed by atoms with Crippen LogP contribution in [0, 0.1) is 0 Å². The van der Waals surface area contributed by atoms with Crippen LogP contribution in [0.25, 0.3) is 11.0 Å². The Hall–Kier alpha value is -2.40. The average molecular weight is 465 g/mol. The number of ether oxygens (including phenoxy) is 3. The first kappa shape index (κ1) is 23.3. The SMILES string of the molecule is CNc1c(N)ncc(Oc2cnc3c(c2)c(COC)nn3COCC[Si](C)(C)C)c1Cl. The van der Waals surface area contributed by atoms with Gasteiger partial charge in [0.1, 0.15) is 23.3 Å². The quantitative estimate of drug-likeness (QED) is 0.336. The van der Waals surface area contributed by atoms with Crippen LogP contribution in [0.3, 0.4) is 0 Å². The maximum atomic E-state index is 6.39. The molecule has 0 amide bonds. The van der Waals surface area contributed by atoms with Gasteiger partial charge < -0.3 is 25.3 Å². The highest BCUT2D eigenvalue weighted by molar-refractivity contribution is 6.76. The zero-order valence-corrected chi connectivity index (χ0v) is 20.3. The van der Waals surface area contributed by atoms with Gasteiger partial charge in [-0.15, -0.1) is 0 Å². The molecule has 0 aliphatic rings. The zero-order valence-electron chi connectivity index (χ0n) is 18.5. The molecular weight excluding hydrogens is 436 g/mol. The van der Waals surface area contributed by atoms with E-state index in [4.69, 9.17) is 31.5 Å². The minimum atomic E-state index is -1.15. The van der Waals surface area contributed by atoms with Crippen LogP contribution in [-0.2, 0) is 22.8 Å².